The SMILES string of the molecule is CCCCC/C=C/C/C=C/C/C=C/C/C=C/C/C=C/CCC(=O)O[C@H](COC(=O)CCCCCCC/C=C/CCCCCCC)COP(=O)(O)OC[C@H](N)C(=O)O. The molecule has 0 radical (unpaired) electrons. The zero-order valence-electron chi connectivity index (χ0n) is 35.2. The summed E-state index contributed by atoms with van der Waals surface area (Å²) >= 11 is 0. The van der Waals surface area contributed by atoms with Crippen molar-refractivity contribution in [2.45, 2.75) is 174 Å². The van der Waals surface area contributed by atoms with Crippen molar-refractivity contribution < 1.29 is 47.5 Å². The van der Waals surface area contributed by atoms with Crippen LogP contribution in [0, 0.1) is 0 Å². The van der Waals surface area contributed by atoms with Gasteiger partial charge >= 0.3 is 25.7 Å². The lowest BCUT2D eigenvalue weighted by atomic mass is 10.1. The molecule has 3 atom stereocenters. The third-order valence-electron chi connectivity index (χ3n) is 8.69. The number of carboxylic acid groups (broad SMARTS) is 1. The average Bonchev–Trinajstić information content (AvgIpc) is 3.19. The van der Waals surface area contributed by atoms with Crippen LogP contribution in [0.15, 0.2) is 72.9 Å². The molecule has 0 aromatic carbocycles. The molecule has 0 heterocycles. The highest BCUT2D eigenvalue weighted by atomic mass is 31.2. The second-order valence-corrected chi connectivity index (χ2v) is 15.6. The number of carbonyl (C=O) groups excluding carboxylic acids is 2. The average molecular weight is 822 g/mol. The van der Waals surface area contributed by atoms with Crippen molar-refractivity contribution in [3.8, 4) is 0 Å². The molecule has 0 aromatic rings. The van der Waals surface area contributed by atoms with Crippen LogP contribution in [0.5, 0.6) is 0 Å². The minimum absolute atomic E-state index is 0.0329. The molecule has 0 bridgehead atoms. The quantitative estimate of drug-likeness (QED) is 0.0233. The summed E-state index contributed by atoms with van der Waals surface area (Å²) in [7, 11) is -4.74. The van der Waals surface area contributed by atoms with Gasteiger partial charge in [-0.25, -0.2) is 4.57 Å². The molecule has 0 aliphatic carbocycles. The van der Waals surface area contributed by atoms with Crippen LogP contribution >= 0.6 is 7.82 Å². The minimum atomic E-state index is -4.74. The molecule has 0 amide bonds. The molecule has 0 saturated heterocycles. The van der Waals surface area contributed by atoms with Crippen LogP contribution in [-0.4, -0.2) is 59.9 Å². The lowest BCUT2D eigenvalue weighted by molar-refractivity contribution is -0.161. The van der Waals surface area contributed by atoms with Crippen molar-refractivity contribution in [2.24, 2.45) is 5.73 Å². The molecular formula is C45H76NO10P. The third-order valence-corrected chi connectivity index (χ3v) is 9.64. The number of allylic oxidation sites excluding steroid dienone is 12. The van der Waals surface area contributed by atoms with Crippen molar-refractivity contribution in [1.82, 2.24) is 0 Å². The fourth-order valence-electron chi connectivity index (χ4n) is 5.28. The van der Waals surface area contributed by atoms with Gasteiger partial charge in [0.2, 0.25) is 0 Å². The number of phosphoric ester groups is 1. The van der Waals surface area contributed by atoms with E-state index in [0.29, 0.717) is 19.3 Å². The highest BCUT2D eigenvalue weighted by Crippen LogP contribution is 2.43. The third kappa shape index (κ3) is 39.5. The van der Waals surface area contributed by atoms with Gasteiger partial charge in [-0.1, -0.05) is 145 Å². The number of hydrogen-bond donors (Lipinski definition) is 3. The Morgan fingerprint density at radius 1 is 0.544 bits per heavy atom. The summed E-state index contributed by atoms with van der Waals surface area (Å²) in [6, 6.07) is -1.54. The molecule has 12 heteroatoms. The first-order valence-corrected chi connectivity index (χ1v) is 23.0. The summed E-state index contributed by atoms with van der Waals surface area (Å²) in [5.74, 6) is -2.50. The molecule has 0 aliphatic heterocycles. The number of nitrogens with two attached hydrogens (primary N) is 1. The van der Waals surface area contributed by atoms with Crippen LogP contribution in [0.3, 0.4) is 0 Å². The molecule has 0 rings (SSSR count). The Kier molecular flexibility index (Phi) is 37.6. The van der Waals surface area contributed by atoms with Crippen LogP contribution in [0.1, 0.15) is 162 Å². The molecule has 0 aliphatic rings. The van der Waals surface area contributed by atoms with Crippen LogP contribution in [0.2, 0.25) is 0 Å². The maximum absolute atomic E-state index is 12.6. The lowest BCUT2D eigenvalue weighted by Crippen LogP contribution is -2.34. The molecule has 4 N–H and O–H groups in total. The van der Waals surface area contributed by atoms with Gasteiger partial charge in [0.15, 0.2) is 6.10 Å². The molecule has 0 saturated carbocycles. The van der Waals surface area contributed by atoms with E-state index in [4.69, 9.17) is 24.8 Å². The molecule has 0 aromatic heterocycles. The Balaban J connectivity index is 4.53. The number of carboxylic acids is 1. The Bertz CT molecular complexity index is 1240. The van der Waals surface area contributed by atoms with Gasteiger partial charge in [0.05, 0.1) is 13.2 Å². The van der Waals surface area contributed by atoms with Gasteiger partial charge in [0, 0.05) is 12.8 Å². The number of phosphoric acid groups is 1. The fourth-order valence-corrected chi connectivity index (χ4v) is 6.05. The molecule has 0 spiro atoms. The van der Waals surface area contributed by atoms with Gasteiger partial charge in [-0.15, -0.1) is 0 Å². The predicted molar refractivity (Wildman–Crippen MR) is 231 cm³/mol. The molecule has 0 fully saturated rings. The van der Waals surface area contributed by atoms with E-state index in [-0.39, 0.29) is 19.4 Å². The zero-order chi connectivity index (χ0) is 42.1. The monoisotopic (exact) mass is 822 g/mol. The highest BCUT2D eigenvalue weighted by molar-refractivity contribution is 7.47. The van der Waals surface area contributed by atoms with Gasteiger partial charge in [-0.3, -0.25) is 23.4 Å². The summed E-state index contributed by atoms with van der Waals surface area (Å²) in [6.45, 7) is 2.67. The Labute approximate surface area is 344 Å². The van der Waals surface area contributed by atoms with Gasteiger partial charge in [0.25, 0.3) is 0 Å². The summed E-state index contributed by atoms with van der Waals surface area (Å²) in [4.78, 5) is 45.9. The number of esters is 2. The van der Waals surface area contributed by atoms with E-state index in [9.17, 15) is 23.8 Å². The van der Waals surface area contributed by atoms with Crippen molar-refractivity contribution in [1.29, 1.82) is 0 Å². The predicted octanol–water partition coefficient (Wildman–Crippen LogP) is 11.3. The van der Waals surface area contributed by atoms with E-state index in [1.54, 1.807) is 0 Å². The van der Waals surface area contributed by atoms with Crippen LogP contribution in [-0.2, 0) is 37.5 Å². The first kappa shape index (κ1) is 53.9. The topological polar surface area (TPSA) is 172 Å². The maximum atomic E-state index is 12.6. The second-order valence-electron chi connectivity index (χ2n) is 14.1. The number of aliphatic carboxylic acids is 1. The Morgan fingerprint density at radius 2 is 0.965 bits per heavy atom. The molecule has 11 nitrogen and oxygen atoms in total. The smallest absolute Gasteiger partial charge is 0.472 e. The van der Waals surface area contributed by atoms with Crippen molar-refractivity contribution >= 4 is 25.7 Å². The Hall–Kier alpha value is -3.08. The van der Waals surface area contributed by atoms with E-state index < -0.39 is 51.1 Å². The second kappa shape index (κ2) is 39.7. The van der Waals surface area contributed by atoms with Gasteiger partial charge < -0.3 is 25.2 Å². The van der Waals surface area contributed by atoms with Crippen molar-refractivity contribution in [2.75, 3.05) is 19.8 Å². The first-order valence-electron chi connectivity index (χ1n) is 21.5. The number of hydrogen-bond acceptors (Lipinski definition) is 9. The molecule has 326 valence electrons. The van der Waals surface area contributed by atoms with Crippen LogP contribution in [0.25, 0.3) is 0 Å². The number of rotatable bonds is 39. The lowest BCUT2D eigenvalue weighted by Gasteiger charge is -2.20. The van der Waals surface area contributed by atoms with Crippen molar-refractivity contribution in [3.63, 3.8) is 0 Å². The van der Waals surface area contributed by atoms with E-state index in [0.717, 1.165) is 64.2 Å². The first-order chi connectivity index (χ1) is 27.6. The van der Waals surface area contributed by atoms with Crippen LogP contribution in [0.4, 0.5) is 0 Å². The summed E-state index contributed by atoms with van der Waals surface area (Å²) < 4.78 is 32.6. The van der Waals surface area contributed by atoms with Gasteiger partial charge in [0.1, 0.15) is 12.6 Å². The maximum Gasteiger partial charge on any atom is 0.472 e. The Morgan fingerprint density at radius 3 is 1.51 bits per heavy atom. The number of ether oxygens (including phenoxy) is 2. The molecule has 57 heavy (non-hydrogen) atoms. The fraction of sp³-hybridized carbons (Fsp3) is 0.667. The summed E-state index contributed by atoms with van der Waals surface area (Å²) in [5.41, 5.74) is 5.32. The highest BCUT2D eigenvalue weighted by Gasteiger charge is 2.28. The summed E-state index contributed by atoms with van der Waals surface area (Å²) in [6.07, 6.45) is 46.9. The van der Waals surface area contributed by atoms with E-state index in [1.165, 1.54) is 51.4 Å². The van der Waals surface area contributed by atoms with Gasteiger partial charge in [-0.2, -0.15) is 0 Å². The standard InChI is InChI=1S/C45H76NO10P/c1-3-5-7-9-11-13-15-17-19-20-21-22-23-25-27-29-31-33-35-37-44(48)56-41(39-54-57(51,52)55-40-42(46)45(49)50)38-53-43(47)36-34-32-30-28-26-24-18-16-14-12-10-8-6-4-2/h11,13,16-19,21-22,25,27,31,33,41-42H,3-10,12,14-15,20,23-24,26,28-30,32,34-40,46H2,1-2H3,(H,49,50)(H,51,52)/b13-11+,18-16+,19-17+,22-21+,27-25+,33-31+/t41-,42+/m1/s1. The van der Waals surface area contributed by atoms with E-state index in [1.807, 2.05) is 12.2 Å². The van der Waals surface area contributed by atoms with Crippen molar-refractivity contribution in [3.05, 3.63) is 72.9 Å². The minimum Gasteiger partial charge on any atom is -0.480 e. The van der Waals surface area contributed by atoms with E-state index >= 15 is 0 Å². The summed E-state index contributed by atoms with van der Waals surface area (Å²) in [5, 5.41) is 8.88. The molecule has 1 unspecified atom stereocenters. The van der Waals surface area contributed by atoms with Crippen LogP contribution < -0.4 is 5.73 Å². The number of carbonyl (C=O) groups is 3. The van der Waals surface area contributed by atoms with Gasteiger partial charge in [-0.05, 0) is 77.0 Å². The molecular weight excluding hydrogens is 745 g/mol. The van der Waals surface area contributed by atoms with E-state index in [2.05, 4.69) is 79.1 Å². The normalized spacial score (nSPS) is 14.5. The number of unbranched alkanes of at least 4 members (excludes halogenated alkanes) is 13. The largest absolute Gasteiger partial charge is 0.480 e. The zero-order valence-corrected chi connectivity index (χ0v) is 36.0.